The van der Waals surface area contributed by atoms with Gasteiger partial charge in [-0.05, 0) is 71.7 Å². The van der Waals surface area contributed by atoms with Gasteiger partial charge in [-0.2, -0.15) is 5.10 Å². The van der Waals surface area contributed by atoms with E-state index in [1.165, 1.54) is 0 Å². The minimum atomic E-state index is -1.37. The first-order chi connectivity index (χ1) is 15.0. The third kappa shape index (κ3) is 6.05. The maximum Gasteiger partial charge on any atom is 0.407 e. The summed E-state index contributed by atoms with van der Waals surface area (Å²) >= 11 is 0. The molecule has 2 aromatic rings. The molecule has 1 saturated carbocycles. The van der Waals surface area contributed by atoms with Crippen LogP contribution in [0, 0.1) is 0 Å². The van der Waals surface area contributed by atoms with Gasteiger partial charge in [0.2, 0.25) is 0 Å². The zero-order chi connectivity index (χ0) is 23.5. The van der Waals surface area contributed by atoms with Crippen LogP contribution in [0.15, 0.2) is 36.2 Å². The van der Waals surface area contributed by atoms with E-state index in [1.807, 2.05) is 13.8 Å². The maximum atomic E-state index is 14.6. The van der Waals surface area contributed by atoms with E-state index in [1.54, 1.807) is 49.7 Å². The quantitative estimate of drug-likeness (QED) is 0.597. The number of hydrogen-bond donors (Lipinski definition) is 1. The molecule has 1 heterocycles. The predicted octanol–water partition coefficient (Wildman–Crippen LogP) is 5.24. The number of rotatable bonds is 8. The van der Waals surface area contributed by atoms with Crippen molar-refractivity contribution < 1.29 is 23.0 Å². The Hall–Kier alpha value is -2.97. The van der Waals surface area contributed by atoms with Gasteiger partial charge in [-0.3, -0.25) is 0 Å². The van der Waals surface area contributed by atoms with Gasteiger partial charge in [0.1, 0.15) is 18.0 Å². The summed E-state index contributed by atoms with van der Waals surface area (Å²) in [4.78, 5) is 16.1. The molecule has 7 nitrogen and oxygen atoms in total. The van der Waals surface area contributed by atoms with Crippen molar-refractivity contribution in [1.82, 2.24) is 20.1 Å². The molecule has 1 aliphatic carbocycles. The molecule has 0 atom stereocenters. The number of aromatic nitrogens is 3. The van der Waals surface area contributed by atoms with Crippen LogP contribution in [0.4, 0.5) is 13.6 Å². The van der Waals surface area contributed by atoms with Crippen LogP contribution >= 0.6 is 0 Å². The molecule has 0 spiro atoms. The number of amides is 1. The molecule has 0 bridgehead atoms. The Kier molecular flexibility index (Phi) is 6.85. The highest BCUT2D eigenvalue weighted by Gasteiger charge is 2.50. The van der Waals surface area contributed by atoms with Gasteiger partial charge in [-0.25, -0.2) is 23.2 Å². The van der Waals surface area contributed by atoms with E-state index in [9.17, 15) is 13.6 Å². The number of alkyl halides is 1. The van der Waals surface area contributed by atoms with Crippen LogP contribution in [0.2, 0.25) is 0 Å². The second-order valence-corrected chi connectivity index (χ2v) is 9.20. The fourth-order valence-corrected chi connectivity index (χ4v) is 2.94. The molecule has 1 aromatic heterocycles. The Morgan fingerprint density at radius 3 is 2.47 bits per heavy atom. The highest BCUT2D eigenvalue weighted by atomic mass is 19.1. The average molecular weight is 449 g/mol. The lowest BCUT2D eigenvalue weighted by molar-refractivity contribution is 0.0531. The van der Waals surface area contributed by atoms with E-state index in [4.69, 9.17) is 9.47 Å². The van der Waals surface area contributed by atoms with Crippen LogP contribution < -0.4 is 10.1 Å². The number of nitrogens with one attached hydrogen (secondary N) is 1. The number of carbonyl (C=O) groups is 1. The molecule has 0 saturated heterocycles. The van der Waals surface area contributed by atoms with Crippen molar-refractivity contribution in [3.8, 4) is 17.1 Å². The molecule has 9 heteroatoms. The first-order valence-corrected chi connectivity index (χ1v) is 10.6. The molecule has 3 rings (SSSR count). The van der Waals surface area contributed by atoms with E-state index in [0.717, 1.165) is 5.56 Å². The number of nitrogens with zero attached hydrogens (tertiary/aromatic N) is 3. The molecule has 1 fully saturated rings. The molecule has 174 valence electrons. The molecule has 1 aliphatic rings. The Labute approximate surface area is 186 Å². The summed E-state index contributed by atoms with van der Waals surface area (Å²) in [7, 11) is 0. The summed E-state index contributed by atoms with van der Waals surface area (Å²) in [6, 6.07) is 6.97. The zero-order valence-electron chi connectivity index (χ0n) is 19.1. The molecule has 32 heavy (non-hydrogen) atoms. The smallest absolute Gasteiger partial charge is 0.407 e. The summed E-state index contributed by atoms with van der Waals surface area (Å²) in [6.07, 6.45) is 0.714. The van der Waals surface area contributed by atoms with Gasteiger partial charge in [-0.15, -0.1) is 0 Å². The number of hydrogen-bond acceptors (Lipinski definition) is 5. The standard InChI is InChI=1S/C23H30F2N4O3/c1-15(2)29-20(23(25)10-11-23)27-19(28-29)17-6-8-18(9-7-17)31-14-16(12-24)13-26-21(30)32-22(3,4)5/h6-9,12,15H,10-11,13-14H2,1-5H3,(H,26,30)/b16-12+. The molecule has 0 radical (unpaired) electrons. The third-order valence-corrected chi connectivity index (χ3v) is 4.76. The first kappa shape index (κ1) is 23.7. The van der Waals surface area contributed by atoms with Crippen molar-refractivity contribution in [3.63, 3.8) is 0 Å². The lowest BCUT2D eigenvalue weighted by Gasteiger charge is -2.20. The topological polar surface area (TPSA) is 78.3 Å². The molecular weight excluding hydrogens is 418 g/mol. The lowest BCUT2D eigenvalue weighted by Crippen LogP contribution is -2.34. The molecule has 1 aromatic carbocycles. The molecular formula is C23H30F2N4O3. The fraction of sp³-hybridized carbons (Fsp3) is 0.522. The fourth-order valence-electron chi connectivity index (χ4n) is 2.94. The van der Waals surface area contributed by atoms with E-state index < -0.39 is 17.4 Å². The van der Waals surface area contributed by atoms with Gasteiger partial charge in [0.05, 0.1) is 6.33 Å². The van der Waals surface area contributed by atoms with Crippen LogP contribution in [-0.4, -0.2) is 39.6 Å². The highest BCUT2D eigenvalue weighted by Crippen LogP contribution is 2.49. The van der Waals surface area contributed by atoms with Crippen LogP contribution in [0.25, 0.3) is 11.4 Å². The Balaban J connectivity index is 1.59. The predicted molar refractivity (Wildman–Crippen MR) is 117 cm³/mol. The SMILES string of the molecule is CC(C)n1nc(-c2ccc(OC/C(=C/F)CNC(=O)OC(C)(C)C)cc2)nc1C1(F)CC1. The summed E-state index contributed by atoms with van der Waals surface area (Å²) in [5, 5.41) is 6.98. The number of alkyl carbamates (subject to hydrolysis) is 1. The second kappa shape index (κ2) is 9.26. The van der Waals surface area contributed by atoms with Crippen molar-refractivity contribution in [2.24, 2.45) is 0 Å². The van der Waals surface area contributed by atoms with Gasteiger partial charge in [0.15, 0.2) is 17.3 Å². The van der Waals surface area contributed by atoms with Crippen molar-refractivity contribution in [2.75, 3.05) is 13.2 Å². The second-order valence-electron chi connectivity index (χ2n) is 9.20. The van der Waals surface area contributed by atoms with Crippen LogP contribution in [0.3, 0.4) is 0 Å². The van der Waals surface area contributed by atoms with Gasteiger partial charge in [0.25, 0.3) is 0 Å². The summed E-state index contributed by atoms with van der Waals surface area (Å²) in [5.41, 5.74) is -1.03. The van der Waals surface area contributed by atoms with Crippen molar-refractivity contribution in [2.45, 2.75) is 64.8 Å². The van der Waals surface area contributed by atoms with E-state index in [2.05, 4.69) is 15.4 Å². The Bertz CT molecular complexity index is 974. The van der Waals surface area contributed by atoms with Crippen LogP contribution in [0.5, 0.6) is 5.75 Å². The maximum absolute atomic E-state index is 14.6. The number of halogens is 2. The number of ether oxygens (including phenoxy) is 2. The number of benzene rings is 1. The molecule has 1 amide bonds. The van der Waals surface area contributed by atoms with Gasteiger partial charge in [-0.1, -0.05) is 0 Å². The average Bonchev–Trinajstić information content (AvgIpc) is 3.29. The van der Waals surface area contributed by atoms with Crippen molar-refractivity contribution in [3.05, 3.63) is 42.0 Å². The van der Waals surface area contributed by atoms with Crippen LogP contribution in [0.1, 0.15) is 59.3 Å². The van der Waals surface area contributed by atoms with E-state index in [-0.39, 0.29) is 24.8 Å². The number of carbonyl (C=O) groups excluding carboxylic acids is 1. The van der Waals surface area contributed by atoms with Crippen molar-refractivity contribution in [1.29, 1.82) is 0 Å². The molecule has 1 N–H and O–H groups in total. The van der Waals surface area contributed by atoms with Crippen LogP contribution in [-0.2, 0) is 10.4 Å². The summed E-state index contributed by atoms with van der Waals surface area (Å²) in [6.45, 7) is 9.05. The first-order valence-electron chi connectivity index (χ1n) is 10.6. The largest absolute Gasteiger partial charge is 0.489 e. The minimum absolute atomic E-state index is 0.00211. The zero-order valence-corrected chi connectivity index (χ0v) is 19.1. The summed E-state index contributed by atoms with van der Waals surface area (Å²) < 4.78 is 40.2. The Morgan fingerprint density at radius 2 is 1.94 bits per heavy atom. The van der Waals surface area contributed by atoms with E-state index in [0.29, 0.717) is 36.6 Å². The minimum Gasteiger partial charge on any atom is -0.489 e. The normalized spacial score (nSPS) is 15.6. The monoisotopic (exact) mass is 448 g/mol. The third-order valence-electron chi connectivity index (χ3n) is 4.76. The van der Waals surface area contributed by atoms with E-state index >= 15 is 0 Å². The molecule has 0 unspecified atom stereocenters. The summed E-state index contributed by atoms with van der Waals surface area (Å²) in [5.74, 6) is 1.34. The van der Waals surface area contributed by atoms with Gasteiger partial charge >= 0.3 is 6.09 Å². The van der Waals surface area contributed by atoms with Crippen molar-refractivity contribution >= 4 is 6.09 Å². The van der Waals surface area contributed by atoms with Gasteiger partial charge in [0, 0.05) is 23.7 Å². The Morgan fingerprint density at radius 1 is 1.28 bits per heavy atom. The molecule has 0 aliphatic heterocycles. The highest BCUT2D eigenvalue weighted by molar-refractivity contribution is 5.68. The van der Waals surface area contributed by atoms with Gasteiger partial charge < -0.3 is 14.8 Å². The lowest BCUT2D eigenvalue weighted by atomic mass is 10.2.